The smallest absolute Gasteiger partial charge is 0.409 e. The minimum atomic E-state index is -0.281. The van der Waals surface area contributed by atoms with Gasteiger partial charge in [-0.2, -0.15) is 0 Å². The lowest BCUT2D eigenvalue weighted by Crippen LogP contribution is -2.29. The third-order valence-electron chi connectivity index (χ3n) is 2.03. The fourth-order valence-electron chi connectivity index (χ4n) is 1.24. The summed E-state index contributed by atoms with van der Waals surface area (Å²) >= 11 is 0. The number of methoxy groups -OCH3 is 1. The Morgan fingerprint density at radius 2 is 1.81 bits per heavy atom. The van der Waals surface area contributed by atoms with Crippen molar-refractivity contribution in [3.8, 4) is 0 Å². The van der Waals surface area contributed by atoms with Crippen molar-refractivity contribution in [1.29, 1.82) is 0 Å². The molecule has 0 fully saturated rings. The lowest BCUT2D eigenvalue weighted by Gasteiger charge is -2.18. The van der Waals surface area contributed by atoms with E-state index in [4.69, 9.17) is 0 Å². The van der Waals surface area contributed by atoms with Gasteiger partial charge in [-0.25, -0.2) is 4.79 Å². The summed E-state index contributed by atoms with van der Waals surface area (Å²) in [6.07, 6.45) is -0.281. The van der Waals surface area contributed by atoms with Crippen molar-refractivity contribution in [2.45, 2.75) is 27.3 Å². The lowest BCUT2D eigenvalue weighted by atomic mass is 10.2. The highest BCUT2D eigenvalue weighted by Gasteiger charge is 2.10. The quantitative estimate of drug-likeness (QED) is 0.786. The van der Waals surface area contributed by atoms with Gasteiger partial charge in [0.1, 0.15) is 0 Å². The number of carbonyl (C=O) groups excluding carboxylic acids is 1. The Morgan fingerprint density at radius 1 is 1.25 bits per heavy atom. The normalized spacial score (nSPS) is 8.75. The first-order chi connectivity index (χ1) is 7.77. The van der Waals surface area contributed by atoms with Crippen LogP contribution in [-0.2, 0) is 11.3 Å². The molecule has 0 N–H and O–H groups in total. The monoisotopic (exact) mass is 223 g/mol. The Bertz CT molecular complexity index is 285. The summed E-state index contributed by atoms with van der Waals surface area (Å²) in [7, 11) is 1.40. The molecule has 0 aliphatic heterocycles. The summed E-state index contributed by atoms with van der Waals surface area (Å²) in [4.78, 5) is 12.9. The molecule has 1 amide bonds. The van der Waals surface area contributed by atoms with Crippen molar-refractivity contribution in [1.82, 2.24) is 4.90 Å². The number of benzene rings is 1. The molecule has 0 heterocycles. The first-order valence-electron chi connectivity index (χ1n) is 5.64. The maximum atomic E-state index is 11.3. The molecule has 3 nitrogen and oxygen atoms in total. The number of hydrogen-bond acceptors (Lipinski definition) is 2. The van der Waals surface area contributed by atoms with Crippen LogP contribution in [0.5, 0.6) is 0 Å². The molecule has 0 bridgehead atoms. The van der Waals surface area contributed by atoms with Crippen LogP contribution in [0.2, 0.25) is 0 Å². The number of amides is 1. The SMILES string of the molecule is CC.CCN(Cc1ccccc1)C(=O)OC. The first kappa shape index (κ1) is 14.5. The second kappa shape index (κ2) is 8.77. The topological polar surface area (TPSA) is 29.5 Å². The van der Waals surface area contributed by atoms with Gasteiger partial charge in [0.15, 0.2) is 0 Å². The molecule has 0 atom stereocenters. The third-order valence-corrected chi connectivity index (χ3v) is 2.03. The lowest BCUT2D eigenvalue weighted by molar-refractivity contribution is 0.123. The minimum absolute atomic E-state index is 0.281. The maximum absolute atomic E-state index is 11.3. The maximum Gasteiger partial charge on any atom is 0.409 e. The minimum Gasteiger partial charge on any atom is -0.453 e. The van der Waals surface area contributed by atoms with E-state index in [0.717, 1.165) is 5.56 Å². The zero-order valence-corrected chi connectivity index (χ0v) is 10.6. The highest BCUT2D eigenvalue weighted by molar-refractivity contribution is 5.67. The zero-order valence-electron chi connectivity index (χ0n) is 10.6. The molecule has 90 valence electrons. The molecule has 16 heavy (non-hydrogen) atoms. The molecule has 0 unspecified atom stereocenters. The van der Waals surface area contributed by atoms with Crippen LogP contribution >= 0.6 is 0 Å². The Balaban J connectivity index is 0.00000106. The molecule has 0 radical (unpaired) electrons. The van der Waals surface area contributed by atoms with Crippen LogP contribution in [0.15, 0.2) is 30.3 Å². The predicted molar refractivity (Wildman–Crippen MR) is 66.3 cm³/mol. The molecule has 0 saturated heterocycles. The Morgan fingerprint density at radius 3 is 2.25 bits per heavy atom. The molecule has 1 rings (SSSR count). The van der Waals surface area contributed by atoms with Gasteiger partial charge in [-0.05, 0) is 12.5 Å². The van der Waals surface area contributed by atoms with E-state index in [0.29, 0.717) is 13.1 Å². The standard InChI is InChI=1S/C11H15NO2.C2H6/c1-3-12(11(13)14-2)9-10-7-5-4-6-8-10;1-2/h4-8H,3,9H2,1-2H3;1-2H3. The first-order valence-corrected chi connectivity index (χ1v) is 5.64. The van der Waals surface area contributed by atoms with Crippen molar-refractivity contribution in [3.63, 3.8) is 0 Å². The summed E-state index contributed by atoms with van der Waals surface area (Å²) in [5.41, 5.74) is 1.11. The Labute approximate surface area is 98.0 Å². The summed E-state index contributed by atoms with van der Waals surface area (Å²) < 4.78 is 4.66. The summed E-state index contributed by atoms with van der Waals surface area (Å²) in [6.45, 7) is 7.19. The second-order valence-electron chi connectivity index (χ2n) is 2.97. The van der Waals surface area contributed by atoms with E-state index in [2.05, 4.69) is 4.74 Å². The van der Waals surface area contributed by atoms with Gasteiger partial charge in [-0.15, -0.1) is 0 Å². The van der Waals surface area contributed by atoms with E-state index in [-0.39, 0.29) is 6.09 Å². The second-order valence-corrected chi connectivity index (χ2v) is 2.97. The van der Waals surface area contributed by atoms with Gasteiger partial charge < -0.3 is 9.64 Å². The third kappa shape index (κ3) is 4.82. The van der Waals surface area contributed by atoms with Gasteiger partial charge >= 0.3 is 6.09 Å². The van der Waals surface area contributed by atoms with Crippen LogP contribution < -0.4 is 0 Å². The molecule has 0 spiro atoms. The van der Waals surface area contributed by atoms with Gasteiger partial charge in [0.05, 0.1) is 7.11 Å². The van der Waals surface area contributed by atoms with Crippen LogP contribution in [0.4, 0.5) is 4.79 Å². The zero-order chi connectivity index (χ0) is 12.4. The van der Waals surface area contributed by atoms with Crippen molar-refractivity contribution in [3.05, 3.63) is 35.9 Å². The van der Waals surface area contributed by atoms with Gasteiger partial charge in [-0.1, -0.05) is 44.2 Å². The average Bonchev–Trinajstić information content (AvgIpc) is 2.38. The summed E-state index contributed by atoms with van der Waals surface area (Å²) in [6, 6.07) is 9.86. The Kier molecular flexibility index (Phi) is 7.94. The molecule has 0 aliphatic carbocycles. The molecule has 0 saturated carbocycles. The Hall–Kier alpha value is -1.51. The fourth-order valence-corrected chi connectivity index (χ4v) is 1.24. The van der Waals surface area contributed by atoms with E-state index < -0.39 is 0 Å². The van der Waals surface area contributed by atoms with Crippen molar-refractivity contribution < 1.29 is 9.53 Å². The number of ether oxygens (including phenoxy) is 1. The molecule has 3 heteroatoms. The van der Waals surface area contributed by atoms with Crippen LogP contribution in [0, 0.1) is 0 Å². The van der Waals surface area contributed by atoms with E-state index in [1.165, 1.54) is 7.11 Å². The van der Waals surface area contributed by atoms with E-state index in [1.54, 1.807) is 4.90 Å². The van der Waals surface area contributed by atoms with Gasteiger partial charge in [-0.3, -0.25) is 0 Å². The van der Waals surface area contributed by atoms with Gasteiger partial charge in [0.2, 0.25) is 0 Å². The summed E-state index contributed by atoms with van der Waals surface area (Å²) in [5, 5.41) is 0. The van der Waals surface area contributed by atoms with Gasteiger partial charge in [0.25, 0.3) is 0 Å². The van der Waals surface area contributed by atoms with Crippen molar-refractivity contribution >= 4 is 6.09 Å². The van der Waals surface area contributed by atoms with Crippen LogP contribution in [-0.4, -0.2) is 24.6 Å². The number of carbonyl (C=O) groups is 1. The number of hydrogen-bond donors (Lipinski definition) is 0. The van der Waals surface area contributed by atoms with E-state index in [9.17, 15) is 4.79 Å². The highest BCUT2D eigenvalue weighted by Crippen LogP contribution is 2.04. The molecular formula is C13H21NO2. The largest absolute Gasteiger partial charge is 0.453 e. The predicted octanol–water partition coefficient (Wildman–Crippen LogP) is 3.30. The molecular weight excluding hydrogens is 202 g/mol. The number of rotatable bonds is 3. The fraction of sp³-hybridized carbons (Fsp3) is 0.462. The summed E-state index contributed by atoms with van der Waals surface area (Å²) in [5.74, 6) is 0. The van der Waals surface area contributed by atoms with Gasteiger partial charge in [0, 0.05) is 13.1 Å². The van der Waals surface area contributed by atoms with Crippen LogP contribution in [0.3, 0.4) is 0 Å². The van der Waals surface area contributed by atoms with E-state index >= 15 is 0 Å². The van der Waals surface area contributed by atoms with Crippen LogP contribution in [0.1, 0.15) is 26.3 Å². The molecule has 0 aliphatic rings. The molecule has 1 aromatic carbocycles. The number of nitrogens with zero attached hydrogens (tertiary/aromatic N) is 1. The molecule has 1 aromatic rings. The average molecular weight is 223 g/mol. The highest BCUT2D eigenvalue weighted by atomic mass is 16.5. The van der Waals surface area contributed by atoms with Crippen LogP contribution in [0.25, 0.3) is 0 Å². The molecule has 0 aromatic heterocycles. The van der Waals surface area contributed by atoms with Crippen molar-refractivity contribution in [2.75, 3.05) is 13.7 Å². The van der Waals surface area contributed by atoms with Crippen molar-refractivity contribution in [2.24, 2.45) is 0 Å². The van der Waals surface area contributed by atoms with E-state index in [1.807, 2.05) is 51.1 Å².